The molecule has 0 saturated carbocycles. The summed E-state index contributed by atoms with van der Waals surface area (Å²) < 4.78 is 5.91. The Hall–Kier alpha value is -4.31. The molecule has 0 radical (unpaired) electrons. The number of nitrogens with zero attached hydrogens (tertiary/aromatic N) is 3. The molecule has 232 valence electrons. The van der Waals surface area contributed by atoms with Gasteiger partial charge in [0.05, 0.1) is 45.8 Å². The van der Waals surface area contributed by atoms with E-state index in [0.29, 0.717) is 34.7 Å². The van der Waals surface area contributed by atoms with Crippen molar-refractivity contribution in [2.24, 2.45) is 32.7 Å². The van der Waals surface area contributed by atoms with Crippen molar-refractivity contribution in [1.82, 2.24) is 5.32 Å². The third-order valence-corrected chi connectivity index (χ3v) is 10.4. The van der Waals surface area contributed by atoms with Crippen molar-refractivity contribution in [2.75, 3.05) is 7.11 Å². The number of aliphatic imine (C=N–C) groups is 3. The number of hydrogen-bond acceptors (Lipinski definition) is 8. The van der Waals surface area contributed by atoms with Gasteiger partial charge in [0.1, 0.15) is 11.7 Å². The van der Waals surface area contributed by atoms with Crippen LogP contribution in [0.2, 0.25) is 0 Å². The van der Waals surface area contributed by atoms with E-state index in [9.17, 15) is 19.8 Å². The number of rotatable bonds is 6. The minimum Gasteiger partial charge on any atom is -0.510 e. The normalized spacial score (nSPS) is 25.6. The molecule has 3 N–H and O–H groups in total. The monoisotopic (exact) mass is 670 g/mol. The lowest BCUT2D eigenvalue weighted by atomic mass is 9.84. The molecule has 1 fully saturated rings. The van der Waals surface area contributed by atoms with E-state index >= 15 is 0 Å². The zero-order chi connectivity index (χ0) is 32.5. The number of allylic oxidation sites excluding steroid dienone is 11. The van der Waals surface area contributed by atoms with Gasteiger partial charge in [-0.25, -0.2) is 15.0 Å². The zero-order valence-electron chi connectivity index (χ0n) is 26.1. The van der Waals surface area contributed by atoms with E-state index in [4.69, 9.17) is 19.7 Å². The number of methoxy groups -OCH3 is 1. The number of halogens is 1. The molecule has 6 rings (SSSR count). The Morgan fingerprint density at radius 1 is 1.07 bits per heavy atom. The van der Waals surface area contributed by atoms with Gasteiger partial charge in [-0.2, -0.15) is 0 Å². The first kappa shape index (κ1) is 30.7. The predicted molar refractivity (Wildman–Crippen MR) is 178 cm³/mol. The van der Waals surface area contributed by atoms with Crippen molar-refractivity contribution in [3.63, 3.8) is 0 Å². The van der Waals surface area contributed by atoms with Crippen molar-refractivity contribution < 1.29 is 24.5 Å². The number of carboxylic acid groups (broad SMARTS) is 1. The van der Waals surface area contributed by atoms with Crippen LogP contribution in [0.5, 0.6) is 0 Å². The lowest BCUT2D eigenvalue weighted by Crippen LogP contribution is -2.25. The van der Waals surface area contributed by atoms with Gasteiger partial charge in [-0.3, -0.25) is 9.59 Å². The van der Waals surface area contributed by atoms with Crippen LogP contribution in [0, 0.1) is 17.8 Å². The SMILES string of the molecule is C=CC1=C(C)C2=NC1=CC1=NC(=CC3=C(C)C4=C(O)[C@H](C(=O)OC)C(=C5NC(=C2Br)[C@@H](C)[C@@H]5CCC(=O)O)C4=N3)C(CC)=C1C. The van der Waals surface area contributed by atoms with Crippen LogP contribution < -0.4 is 5.32 Å². The topological polar surface area (TPSA) is 133 Å². The summed E-state index contributed by atoms with van der Waals surface area (Å²) in [6.07, 6.45) is 6.71. The minimum atomic E-state index is -1.11. The van der Waals surface area contributed by atoms with Gasteiger partial charge >= 0.3 is 11.9 Å². The molecule has 6 aliphatic rings. The summed E-state index contributed by atoms with van der Waals surface area (Å²) in [5.41, 5.74) is 11.3. The smallest absolute Gasteiger partial charge is 0.321 e. The molecule has 45 heavy (non-hydrogen) atoms. The van der Waals surface area contributed by atoms with Crippen molar-refractivity contribution >= 4 is 45.0 Å². The first-order chi connectivity index (χ1) is 21.4. The number of hydrogen-bond donors (Lipinski definition) is 3. The third-order valence-electron chi connectivity index (χ3n) is 9.60. The van der Waals surface area contributed by atoms with Crippen molar-refractivity contribution in [3.8, 4) is 0 Å². The second kappa shape index (κ2) is 11.2. The zero-order valence-corrected chi connectivity index (χ0v) is 27.7. The second-order valence-corrected chi connectivity index (χ2v) is 12.7. The molecule has 0 aromatic rings. The molecule has 1 saturated heterocycles. The maximum absolute atomic E-state index is 13.3. The number of nitrogens with one attached hydrogen (secondary N) is 1. The van der Waals surface area contributed by atoms with Crippen LogP contribution in [-0.4, -0.2) is 46.4 Å². The predicted octanol–water partition coefficient (Wildman–Crippen LogP) is 6.83. The number of ether oxygens (including phenoxy) is 1. The highest BCUT2D eigenvalue weighted by molar-refractivity contribution is 9.12. The van der Waals surface area contributed by atoms with Gasteiger partial charge in [-0.1, -0.05) is 26.5 Å². The van der Waals surface area contributed by atoms with E-state index in [0.717, 1.165) is 67.3 Å². The first-order valence-corrected chi connectivity index (χ1v) is 15.8. The maximum atomic E-state index is 13.3. The Kier molecular flexibility index (Phi) is 7.67. The highest BCUT2D eigenvalue weighted by Crippen LogP contribution is 2.50. The highest BCUT2D eigenvalue weighted by Gasteiger charge is 2.49. The molecule has 0 aromatic carbocycles. The lowest BCUT2D eigenvalue weighted by molar-refractivity contribution is -0.143. The van der Waals surface area contributed by atoms with Gasteiger partial charge in [0.15, 0.2) is 0 Å². The van der Waals surface area contributed by atoms with Crippen molar-refractivity contribution in [3.05, 3.63) is 103 Å². The van der Waals surface area contributed by atoms with Crippen LogP contribution in [0.25, 0.3) is 0 Å². The maximum Gasteiger partial charge on any atom is 0.321 e. The van der Waals surface area contributed by atoms with Crippen molar-refractivity contribution in [1.29, 1.82) is 0 Å². The number of carbonyl (C=O) groups excluding carboxylic acids is 1. The van der Waals surface area contributed by atoms with Gasteiger partial charge in [-0.15, -0.1) is 0 Å². The fourth-order valence-electron chi connectivity index (χ4n) is 7.15. The molecule has 0 spiro atoms. The van der Waals surface area contributed by atoms with Gasteiger partial charge in [-0.05, 0) is 84.0 Å². The fraction of sp³-hybridized carbons (Fsp3) is 0.343. The van der Waals surface area contributed by atoms with Gasteiger partial charge in [0.2, 0.25) is 0 Å². The summed E-state index contributed by atoms with van der Waals surface area (Å²) in [5, 5.41) is 24.8. The third kappa shape index (κ3) is 4.60. The molecule has 0 unspecified atom stereocenters. The van der Waals surface area contributed by atoms with Crippen LogP contribution in [0.4, 0.5) is 0 Å². The number of aliphatic carboxylic acids is 1. The average Bonchev–Trinajstić information content (AvgIpc) is 3.75. The number of aliphatic hydroxyl groups excluding tert-OH is 1. The molecular formula is C35H35BrN4O5. The standard InChI is InChI=1S/C35H35BrN4O5/c1-8-18-14(3)21-12-24-19(9-2)15(4)30(39-24)29(36)31-16(5)20(10-11-25(41)42)32(40-31)27-28(35(44)45-7)34(43)26-17(6)22(38-33(26)27)13-23(18)37-21/h9,12-13,16,20,28,40,43H,2,8,10-11H2,1,3-7H3,(H,41,42)/t16-,20-,28+/m0/s1. The molecule has 5 heterocycles. The van der Waals surface area contributed by atoms with Gasteiger partial charge < -0.3 is 20.3 Å². The Balaban J connectivity index is 1.70. The Morgan fingerprint density at radius 2 is 1.80 bits per heavy atom. The lowest BCUT2D eigenvalue weighted by Gasteiger charge is -2.20. The largest absolute Gasteiger partial charge is 0.510 e. The van der Waals surface area contributed by atoms with Gasteiger partial charge in [0.25, 0.3) is 0 Å². The Labute approximate surface area is 270 Å². The molecule has 0 amide bonds. The van der Waals surface area contributed by atoms with Crippen LogP contribution in [0.15, 0.2) is 118 Å². The highest BCUT2D eigenvalue weighted by atomic mass is 79.9. The molecular weight excluding hydrogens is 636 g/mol. The van der Waals surface area contributed by atoms with Crippen LogP contribution in [0.1, 0.15) is 53.9 Å². The van der Waals surface area contributed by atoms with Crippen LogP contribution >= 0.6 is 15.9 Å². The summed E-state index contributed by atoms with van der Waals surface area (Å²) in [7, 11) is 1.29. The minimum absolute atomic E-state index is 0.0758. The molecule has 10 heteroatoms. The molecule has 9 nitrogen and oxygen atoms in total. The number of aliphatic hydroxyl groups is 1. The molecule has 0 aromatic heterocycles. The van der Waals surface area contributed by atoms with E-state index in [1.165, 1.54) is 7.11 Å². The Bertz CT molecular complexity index is 1870. The van der Waals surface area contributed by atoms with E-state index < -0.39 is 17.9 Å². The van der Waals surface area contributed by atoms with Crippen LogP contribution in [0.3, 0.4) is 0 Å². The van der Waals surface area contributed by atoms with E-state index in [-0.39, 0.29) is 24.0 Å². The summed E-state index contributed by atoms with van der Waals surface area (Å²) >= 11 is 3.85. The first-order valence-electron chi connectivity index (χ1n) is 15.0. The van der Waals surface area contributed by atoms with Crippen molar-refractivity contribution in [2.45, 2.75) is 53.9 Å². The summed E-state index contributed by atoms with van der Waals surface area (Å²) in [6, 6.07) is 0. The second-order valence-electron chi connectivity index (χ2n) is 11.9. The average molecular weight is 672 g/mol. The summed E-state index contributed by atoms with van der Waals surface area (Å²) in [4.78, 5) is 40.2. The molecule has 5 aliphatic heterocycles. The molecule has 8 bridgehead atoms. The Morgan fingerprint density at radius 3 is 2.44 bits per heavy atom. The summed E-state index contributed by atoms with van der Waals surface area (Å²) in [5.74, 6) is -3.28. The molecule has 1 aliphatic carbocycles. The number of fused-ring (bicyclic) bond motifs is 5. The number of carboxylic acids is 1. The fourth-order valence-corrected chi connectivity index (χ4v) is 7.99. The van der Waals surface area contributed by atoms with Gasteiger partial charge in [0, 0.05) is 46.4 Å². The quantitative estimate of drug-likeness (QED) is 0.265. The van der Waals surface area contributed by atoms with Crippen LogP contribution in [-0.2, 0) is 14.3 Å². The number of esters is 1. The number of carbonyl (C=O) groups is 2. The molecule has 3 atom stereocenters. The summed E-state index contributed by atoms with van der Waals surface area (Å²) in [6.45, 7) is 14.1. The van der Waals surface area contributed by atoms with E-state index in [2.05, 4.69) is 41.7 Å². The van der Waals surface area contributed by atoms with E-state index in [1.807, 2.05) is 32.9 Å². The van der Waals surface area contributed by atoms with E-state index in [1.54, 1.807) is 6.08 Å².